The highest BCUT2D eigenvalue weighted by atomic mass is 32.2. The van der Waals surface area contributed by atoms with Crippen molar-refractivity contribution < 1.29 is 19.5 Å². The normalized spacial score (nSPS) is 14.0. The molecule has 0 fully saturated rings. The maximum atomic E-state index is 12.1. The summed E-state index contributed by atoms with van der Waals surface area (Å²) in [5.41, 5.74) is 16.1. The Morgan fingerprint density at radius 2 is 1.80 bits per heavy atom. The van der Waals surface area contributed by atoms with Crippen LogP contribution in [0.15, 0.2) is 4.99 Å². The lowest BCUT2D eigenvalue weighted by Gasteiger charge is -2.20. The molecule has 0 aliphatic heterocycles. The standard InChI is InChI=1S/C14H28N6O4S/c1-8(19-12(22)9(15)5-7-25-2)11(21)20-10(13(23)24)4-3-6-18-14(16)17/h8-10H,3-7,15H2,1-2H3,(H,19,22)(H,20,21)(H,23,24)(H4,16,17,18)/t8-,9-,10-/m0/s1. The van der Waals surface area contributed by atoms with Gasteiger partial charge in [0.05, 0.1) is 6.04 Å². The molecule has 0 saturated carbocycles. The maximum absolute atomic E-state index is 12.1. The Balaban J connectivity index is 4.45. The first kappa shape index (κ1) is 23.0. The molecule has 0 aliphatic rings. The van der Waals surface area contributed by atoms with Crippen molar-refractivity contribution in [1.29, 1.82) is 0 Å². The van der Waals surface area contributed by atoms with Crippen LogP contribution in [0.25, 0.3) is 0 Å². The maximum Gasteiger partial charge on any atom is 0.326 e. The van der Waals surface area contributed by atoms with Crippen molar-refractivity contribution in [3.63, 3.8) is 0 Å². The van der Waals surface area contributed by atoms with Crippen LogP contribution in [0.3, 0.4) is 0 Å². The van der Waals surface area contributed by atoms with Crippen LogP contribution in [0.4, 0.5) is 0 Å². The van der Waals surface area contributed by atoms with Gasteiger partial charge in [-0.1, -0.05) is 0 Å². The second-order valence-corrected chi connectivity index (χ2v) is 6.45. The van der Waals surface area contributed by atoms with E-state index >= 15 is 0 Å². The van der Waals surface area contributed by atoms with Gasteiger partial charge >= 0.3 is 5.97 Å². The van der Waals surface area contributed by atoms with Crippen molar-refractivity contribution in [3.8, 4) is 0 Å². The number of hydrogen-bond acceptors (Lipinski definition) is 6. The number of amides is 2. The number of carboxylic acids is 1. The third-order valence-corrected chi connectivity index (χ3v) is 3.93. The number of carbonyl (C=O) groups is 3. The highest BCUT2D eigenvalue weighted by Crippen LogP contribution is 2.01. The molecule has 0 aromatic carbocycles. The van der Waals surface area contributed by atoms with Gasteiger partial charge in [0.25, 0.3) is 0 Å². The van der Waals surface area contributed by atoms with Crippen molar-refractivity contribution in [2.75, 3.05) is 18.6 Å². The summed E-state index contributed by atoms with van der Waals surface area (Å²) < 4.78 is 0. The molecule has 0 bridgehead atoms. The van der Waals surface area contributed by atoms with Crippen LogP contribution in [-0.2, 0) is 14.4 Å². The molecule has 0 unspecified atom stereocenters. The predicted molar refractivity (Wildman–Crippen MR) is 98.1 cm³/mol. The van der Waals surface area contributed by atoms with Crippen molar-refractivity contribution in [3.05, 3.63) is 0 Å². The zero-order valence-electron chi connectivity index (χ0n) is 14.5. The lowest BCUT2D eigenvalue weighted by atomic mass is 10.1. The summed E-state index contributed by atoms with van der Waals surface area (Å²) in [6.45, 7) is 1.73. The topological polar surface area (TPSA) is 186 Å². The van der Waals surface area contributed by atoms with Crippen molar-refractivity contribution in [1.82, 2.24) is 10.6 Å². The van der Waals surface area contributed by atoms with Crippen LogP contribution >= 0.6 is 11.8 Å². The van der Waals surface area contributed by atoms with E-state index in [9.17, 15) is 19.5 Å². The number of rotatable bonds is 12. The summed E-state index contributed by atoms with van der Waals surface area (Å²) in [5.74, 6) is -1.57. The van der Waals surface area contributed by atoms with Gasteiger partial charge in [0.2, 0.25) is 11.8 Å². The van der Waals surface area contributed by atoms with Gasteiger partial charge < -0.3 is 32.9 Å². The van der Waals surface area contributed by atoms with E-state index in [2.05, 4.69) is 15.6 Å². The van der Waals surface area contributed by atoms with E-state index in [1.54, 1.807) is 11.8 Å². The first-order valence-electron chi connectivity index (χ1n) is 7.82. The summed E-state index contributed by atoms with van der Waals surface area (Å²) in [6, 6.07) is -2.70. The Labute approximate surface area is 151 Å². The predicted octanol–water partition coefficient (Wildman–Crippen LogP) is -1.81. The van der Waals surface area contributed by atoms with Crippen LogP contribution in [0.5, 0.6) is 0 Å². The van der Waals surface area contributed by atoms with Crippen molar-refractivity contribution >= 4 is 35.5 Å². The summed E-state index contributed by atoms with van der Waals surface area (Å²) in [6.07, 6.45) is 2.94. The number of thioether (sulfide) groups is 1. The second kappa shape index (κ2) is 12.4. The van der Waals surface area contributed by atoms with Gasteiger partial charge in [-0.25, -0.2) is 4.79 Å². The first-order valence-corrected chi connectivity index (χ1v) is 9.21. The number of guanidine groups is 1. The SMILES string of the molecule is CSCC[C@H](N)C(=O)N[C@@H](C)C(=O)N[C@@H](CCCN=C(N)N)C(=O)O. The fraction of sp³-hybridized carbons (Fsp3) is 0.714. The minimum atomic E-state index is -1.17. The molecule has 10 nitrogen and oxygen atoms in total. The molecule has 144 valence electrons. The molecule has 2 amide bonds. The zero-order valence-corrected chi connectivity index (χ0v) is 15.3. The van der Waals surface area contributed by atoms with Crippen molar-refractivity contribution in [2.24, 2.45) is 22.2 Å². The van der Waals surface area contributed by atoms with Crippen molar-refractivity contribution in [2.45, 2.75) is 44.3 Å². The van der Waals surface area contributed by atoms with E-state index in [4.69, 9.17) is 17.2 Å². The summed E-state index contributed by atoms with van der Waals surface area (Å²) >= 11 is 1.57. The Morgan fingerprint density at radius 1 is 1.16 bits per heavy atom. The molecular formula is C14H28N6O4S. The van der Waals surface area contributed by atoms with Gasteiger partial charge in [-0.3, -0.25) is 14.6 Å². The third kappa shape index (κ3) is 10.5. The van der Waals surface area contributed by atoms with E-state index in [1.165, 1.54) is 6.92 Å². The average molecular weight is 376 g/mol. The molecular weight excluding hydrogens is 348 g/mol. The number of carboxylic acid groups (broad SMARTS) is 1. The number of nitrogens with zero attached hydrogens (tertiary/aromatic N) is 1. The smallest absolute Gasteiger partial charge is 0.326 e. The van der Waals surface area contributed by atoms with E-state index < -0.39 is 35.9 Å². The fourth-order valence-electron chi connectivity index (χ4n) is 1.82. The molecule has 11 heteroatoms. The number of hydrogen-bond donors (Lipinski definition) is 6. The van der Waals surface area contributed by atoms with Gasteiger partial charge in [-0.15, -0.1) is 0 Å². The molecule has 0 aliphatic carbocycles. The van der Waals surface area contributed by atoms with E-state index in [-0.39, 0.29) is 18.9 Å². The Morgan fingerprint density at radius 3 is 2.32 bits per heavy atom. The molecule has 0 aromatic rings. The van der Waals surface area contributed by atoms with Crippen LogP contribution in [-0.4, -0.2) is 65.5 Å². The lowest BCUT2D eigenvalue weighted by molar-refractivity contribution is -0.142. The van der Waals surface area contributed by atoms with Gasteiger partial charge in [0.15, 0.2) is 5.96 Å². The minimum absolute atomic E-state index is 0.0787. The average Bonchev–Trinajstić information content (AvgIpc) is 2.54. The van der Waals surface area contributed by atoms with Gasteiger partial charge in [-0.05, 0) is 38.2 Å². The highest BCUT2D eigenvalue weighted by Gasteiger charge is 2.24. The van der Waals surface area contributed by atoms with Crippen LogP contribution in [0, 0.1) is 0 Å². The van der Waals surface area contributed by atoms with Gasteiger partial charge in [0.1, 0.15) is 12.1 Å². The Kier molecular flexibility index (Phi) is 11.4. The lowest BCUT2D eigenvalue weighted by Crippen LogP contribution is -2.53. The monoisotopic (exact) mass is 376 g/mol. The largest absolute Gasteiger partial charge is 0.480 e. The highest BCUT2D eigenvalue weighted by molar-refractivity contribution is 7.98. The first-order chi connectivity index (χ1) is 11.7. The molecule has 0 heterocycles. The third-order valence-electron chi connectivity index (χ3n) is 3.28. The Bertz CT molecular complexity index is 484. The fourth-order valence-corrected chi connectivity index (χ4v) is 2.31. The molecule has 3 atom stereocenters. The molecule has 9 N–H and O–H groups in total. The van der Waals surface area contributed by atoms with E-state index in [0.29, 0.717) is 12.8 Å². The quantitative estimate of drug-likeness (QED) is 0.131. The molecule has 0 radical (unpaired) electrons. The second-order valence-electron chi connectivity index (χ2n) is 5.47. The zero-order chi connectivity index (χ0) is 19.4. The number of aliphatic imine (C=N–C) groups is 1. The van der Waals surface area contributed by atoms with Crippen LogP contribution in [0.2, 0.25) is 0 Å². The number of aliphatic carboxylic acids is 1. The Hall–Kier alpha value is -2.01. The van der Waals surface area contributed by atoms with Crippen LogP contribution < -0.4 is 27.8 Å². The summed E-state index contributed by atoms with van der Waals surface area (Å²) in [4.78, 5) is 38.9. The number of nitrogens with two attached hydrogens (primary N) is 3. The van der Waals surface area contributed by atoms with Gasteiger partial charge in [0, 0.05) is 6.54 Å². The molecule has 0 aromatic heterocycles. The molecule has 0 rings (SSSR count). The number of carbonyl (C=O) groups excluding carboxylic acids is 2. The number of nitrogens with one attached hydrogen (secondary N) is 2. The molecule has 0 saturated heterocycles. The molecule has 25 heavy (non-hydrogen) atoms. The van der Waals surface area contributed by atoms with Gasteiger partial charge in [-0.2, -0.15) is 11.8 Å². The van der Waals surface area contributed by atoms with E-state index in [0.717, 1.165) is 5.75 Å². The summed E-state index contributed by atoms with van der Waals surface area (Å²) in [5, 5.41) is 14.0. The minimum Gasteiger partial charge on any atom is -0.480 e. The summed E-state index contributed by atoms with van der Waals surface area (Å²) in [7, 11) is 0. The van der Waals surface area contributed by atoms with E-state index in [1.807, 2.05) is 6.26 Å². The molecule has 0 spiro atoms. The van der Waals surface area contributed by atoms with Crippen LogP contribution in [0.1, 0.15) is 26.2 Å².